The highest BCUT2D eigenvalue weighted by Crippen LogP contribution is 2.26. The first kappa shape index (κ1) is 13.5. The summed E-state index contributed by atoms with van der Waals surface area (Å²) >= 11 is 11.1. The quantitative estimate of drug-likeness (QED) is 0.699. The van der Waals surface area contributed by atoms with Crippen LogP contribution in [0.1, 0.15) is 30.3 Å². The van der Waals surface area contributed by atoms with E-state index in [2.05, 4.69) is 15.3 Å². The van der Waals surface area contributed by atoms with Crippen molar-refractivity contribution >= 4 is 30.0 Å². The van der Waals surface area contributed by atoms with Crippen LogP contribution >= 0.6 is 23.8 Å². The third-order valence-corrected chi connectivity index (χ3v) is 3.56. The van der Waals surface area contributed by atoms with Crippen LogP contribution in [0.5, 0.6) is 0 Å². The summed E-state index contributed by atoms with van der Waals surface area (Å²) in [5.41, 5.74) is 0.902. The molecule has 20 heavy (non-hydrogen) atoms. The van der Waals surface area contributed by atoms with E-state index in [1.54, 1.807) is 10.9 Å². The molecular weight excluding hydrogens is 296 g/mol. The van der Waals surface area contributed by atoms with Gasteiger partial charge < -0.3 is 4.74 Å². The van der Waals surface area contributed by atoms with E-state index in [1.807, 2.05) is 24.3 Å². The van der Waals surface area contributed by atoms with Gasteiger partial charge in [-0.1, -0.05) is 23.7 Å². The molecule has 104 valence electrons. The van der Waals surface area contributed by atoms with Crippen molar-refractivity contribution in [2.75, 3.05) is 6.61 Å². The molecular formula is C13H13ClN4OS. The molecule has 0 bridgehead atoms. The van der Waals surface area contributed by atoms with Crippen molar-refractivity contribution in [1.82, 2.24) is 14.9 Å². The second-order valence-electron chi connectivity index (χ2n) is 4.50. The first-order chi connectivity index (χ1) is 9.74. The fourth-order valence-corrected chi connectivity index (χ4v) is 2.50. The highest BCUT2D eigenvalue weighted by atomic mass is 35.5. The van der Waals surface area contributed by atoms with E-state index in [9.17, 15) is 0 Å². The number of halogens is 1. The summed E-state index contributed by atoms with van der Waals surface area (Å²) in [6.07, 6.45) is 3.63. The van der Waals surface area contributed by atoms with Gasteiger partial charge in [-0.15, -0.1) is 0 Å². The fraction of sp³-hybridized carbons (Fsp3) is 0.308. The van der Waals surface area contributed by atoms with Crippen molar-refractivity contribution < 1.29 is 4.74 Å². The van der Waals surface area contributed by atoms with Crippen molar-refractivity contribution in [3.63, 3.8) is 0 Å². The van der Waals surface area contributed by atoms with Gasteiger partial charge in [0.25, 0.3) is 0 Å². The van der Waals surface area contributed by atoms with E-state index in [4.69, 9.17) is 28.6 Å². The van der Waals surface area contributed by atoms with Crippen LogP contribution < -0.4 is 0 Å². The first-order valence-corrected chi connectivity index (χ1v) is 7.11. The van der Waals surface area contributed by atoms with Crippen LogP contribution in [0.15, 0.2) is 29.4 Å². The Labute approximate surface area is 126 Å². The summed E-state index contributed by atoms with van der Waals surface area (Å²) in [6, 6.07) is 7.45. The summed E-state index contributed by atoms with van der Waals surface area (Å²) in [5, 5.41) is 12.0. The number of aromatic nitrogens is 3. The lowest BCUT2D eigenvalue weighted by Gasteiger charge is -2.07. The molecule has 0 radical (unpaired) electrons. The second-order valence-corrected chi connectivity index (χ2v) is 5.32. The molecule has 5 nitrogen and oxygen atoms in total. The number of nitrogens with zero attached hydrogens (tertiary/aromatic N) is 3. The van der Waals surface area contributed by atoms with E-state index in [1.165, 1.54) is 0 Å². The number of aromatic amines is 1. The molecule has 1 aromatic carbocycles. The highest BCUT2D eigenvalue weighted by molar-refractivity contribution is 7.71. The monoisotopic (exact) mass is 308 g/mol. The lowest BCUT2D eigenvalue weighted by atomic mass is 10.2. The molecule has 0 aliphatic carbocycles. The average Bonchev–Trinajstić information content (AvgIpc) is 3.06. The standard InChI is InChI=1S/C13H13ClN4OS/c14-10-4-1-3-9(7-10)8-15-18-12(16-17-13(18)20)11-5-2-6-19-11/h1,3-4,7-8,11H,2,5-6H2,(H,17,20)/b15-8-/t11-/m1/s1. The molecule has 2 heterocycles. The Morgan fingerprint density at radius 3 is 3.20 bits per heavy atom. The Bertz CT molecular complexity index is 688. The highest BCUT2D eigenvalue weighted by Gasteiger charge is 2.23. The normalized spacial score (nSPS) is 18.9. The van der Waals surface area contributed by atoms with Gasteiger partial charge in [0.2, 0.25) is 4.77 Å². The van der Waals surface area contributed by atoms with Gasteiger partial charge in [0.15, 0.2) is 5.82 Å². The Kier molecular flexibility index (Phi) is 3.95. The SMILES string of the molecule is S=c1[nH]nc([C@H]2CCCO2)n1/N=C\c1cccc(Cl)c1. The molecule has 0 amide bonds. The predicted octanol–water partition coefficient (Wildman–Crippen LogP) is 3.33. The zero-order valence-corrected chi connectivity index (χ0v) is 12.2. The Balaban J connectivity index is 1.90. The topological polar surface area (TPSA) is 55.2 Å². The van der Waals surface area contributed by atoms with Crippen molar-refractivity contribution in [3.05, 3.63) is 45.4 Å². The van der Waals surface area contributed by atoms with Crippen molar-refractivity contribution in [1.29, 1.82) is 0 Å². The number of H-pyrrole nitrogens is 1. The van der Waals surface area contributed by atoms with Crippen LogP contribution in [-0.2, 0) is 4.74 Å². The Hall–Kier alpha value is -1.50. The van der Waals surface area contributed by atoms with E-state index < -0.39 is 0 Å². The third-order valence-electron chi connectivity index (χ3n) is 3.06. The molecule has 1 N–H and O–H groups in total. The van der Waals surface area contributed by atoms with Crippen LogP contribution in [0.2, 0.25) is 5.02 Å². The van der Waals surface area contributed by atoms with Gasteiger partial charge in [0.1, 0.15) is 6.10 Å². The van der Waals surface area contributed by atoms with Gasteiger partial charge in [0, 0.05) is 11.6 Å². The zero-order valence-electron chi connectivity index (χ0n) is 10.6. The number of hydrogen-bond donors (Lipinski definition) is 1. The number of benzene rings is 1. The van der Waals surface area contributed by atoms with E-state index in [0.29, 0.717) is 15.6 Å². The van der Waals surface area contributed by atoms with Crippen molar-refractivity contribution in [2.45, 2.75) is 18.9 Å². The van der Waals surface area contributed by atoms with Gasteiger partial charge >= 0.3 is 0 Å². The smallest absolute Gasteiger partial charge is 0.216 e. The van der Waals surface area contributed by atoms with Gasteiger partial charge in [0.05, 0.1) is 6.21 Å². The maximum atomic E-state index is 5.94. The minimum atomic E-state index is -0.0422. The molecule has 0 unspecified atom stereocenters. The molecule has 7 heteroatoms. The Morgan fingerprint density at radius 1 is 1.55 bits per heavy atom. The molecule has 1 aromatic heterocycles. The lowest BCUT2D eigenvalue weighted by Crippen LogP contribution is -2.05. The minimum Gasteiger partial charge on any atom is -0.370 e. The number of rotatable bonds is 3. The molecule has 0 saturated carbocycles. The number of ether oxygens (including phenoxy) is 1. The van der Waals surface area contributed by atoms with Gasteiger partial charge in [-0.25, -0.2) is 0 Å². The maximum absolute atomic E-state index is 5.94. The average molecular weight is 309 g/mol. The van der Waals surface area contributed by atoms with Crippen molar-refractivity contribution in [3.8, 4) is 0 Å². The molecule has 2 aromatic rings. The largest absolute Gasteiger partial charge is 0.370 e. The van der Waals surface area contributed by atoms with Gasteiger partial charge in [-0.3, -0.25) is 5.10 Å². The van der Waals surface area contributed by atoms with Crippen LogP contribution in [-0.4, -0.2) is 27.7 Å². The molecule has 1 atom stereocenters. The van der Waals surface area contributed by atoms with E-state index >= 15 is 0 Å². The summed E-state index contributed by atoms with van der Waals surface area (Å²) < 4.78 is 7.68. The van der Waals surface area contributed by atoms with Crippen LogP contribution in [0.4, 0.5) is 0 Å². The molecule has 1 saturated heterocycles. The van der Waals surface area contributed by atoms with Gasteiger partial charge in [-0.05, 0) is 42.8 Å². The molecule has 0 spiro atoms. The summed E-state index contributed by atoms with van der Waals surface area (Å²) in [7, 11) is 0. The van der Waals surface area contributed by atoms with Crippen molar-refractivity contribution in [2.24, 2.45) is 5.10 Å². The fourth-order valence-electron chi connectivity index (χ4n) is 2.12. The molecule has 1 fully saturated rings. The van der Waals surface area contributed by atoms with Crippen LogP contribution in [0.3, 0.4) is 0 Å². The minimum absolute atomic E-state index is 0.0422. The van der Waals surface area contributed by atoms with Crippen LogP contribution in [0.25, 0.3) is 0 Å². The van der Waals surface area contributed by atoms with E-state index in [-0.39, 0.29) is 6.10 Å². The third kappa shape index (κ3) is 2.82. The zero-order chi connectivity index (χ0) is 13.9. The van der Waals surface area contributed by atoms with Gasteiger partial charge in [-0.2, -0.15) is 14.9 Å². The van der Waals surface area contributed by atoms with Crippen LogP contribution in [0, 0.1) is 4.77 Å². The Morgan fingerprint density at radius 2 is 2.45 bits per heavy atom. The first-order valence-electron chi connectivity index (χ1n) is 6.33. The summed E-state index contributed by atoms with van der Waals surface area (Å²) in [4.78, 5) is 0. The molecule has 1 aliphatic rings. The summed E-state index contributed by atoms with van der Waals surface area (Å²) in [6.45, 7) is 0.752. The molecule has 1 aliphatic heterocycles. The predicted molar refractivity (Wildman–Crippen MR) is 79.8 cm³/mol. The maximum Gasteiger partial charge on any atom is 0.216 e. The number of hydrogen-bond acceptors (Lipinski definition) is 4. The number of nitrogens with one attached hydrogen (secondary N) is 1. The lowest BCUT2D eigenvalue weighted by molar-refractivity contribution is 0.102. The summed E-state index contributed by atoms with van der Waals surface area (Å²) in [5.74, 6) is 0.714. The molecule has 3 rings (SSSR count). The van der Waals surface area contributed by atoms with E-state index in [0.717, 1.165) is 25.0 Å². The second kappa shape index (κ2) is 5.87.